The number of rotatable bonds is 4. The lowest BCUT2D eigenvalue weighted by Crippen LogP contribution is -2.08. The quantitative estimate of drug-likeness (QED) is 0.655. The van der Waals surface area contributed by atoms with E-state index in [2.05, 4.69) is 10.3 Å². The largest absolute Gasteiger partial charge is 0.372 e. The number of nitrogens with zero attached hydrogens (tertiary/aromatic N) is 2. The van der Waals surface area contributed by atoms with E-state index in [4.69, 9.17) is 11.6 Å². The minimum atomic E-state index is -0.700. The van der Waals surface area contributed by atoms with Gasteiger partial charge in [0.25, 0.3) is 5.69 Å². The highest BCUT2D eigenvalue weighted by Gasteiger charge is 2.21. The van der Waals surface area contributed by atoms with E-state index in [1.807, 2.05) is 20.8 Å². The van der Waals surface area contributed by atoms with Gasteiger partial charge in [-0.25, -0.2) is 9.37 Å². The third-order valence-electron chi connectivity index (χ3n) is 2.94. The molecule has 0 spiro atoms. The fraction of sp³-hybridized carbons (Fsp3) is 0.308. The molecule has 5 nitrogen and oxygen atoms in total. The predicted molar refractivity (Wildman–Crippen MR) is 81.7 cm³/mol. The number of thiazole rings is 1. The first kappa shape index (κ1) is 15.7. The van der Waals surface area contributed by atoms with Crippen LogP contribution in [0, 0.1) is 29.8 Å². The Bertz CT molecular complexity index is 705. The predicted octanol–water partition coefficient (Wildman–Crippen LogP) is 4.63. The summed E-state index contributed by atoms with van der Waals surface area (Å²) in [6, 6.07) is 1.83. The van der Waals surface area contributed by atoms with Crippen molar-refractivity contribution in [3.05, 3.63) is 48.7 Å². The number of nitrogens with one attached hydrogen (secondary N) is 1. The Morgan fingerprint density at radius 1 is 1.48 bits per heavy atom. The van der Waals surface area contributed by atoms with Crippen LogP contribution in [0.15, 0.2) is 12.1 Å². The molecule has 0 fully saturated rings. The number of nitro benzene ring substituents is 1. The molecule has 0 amide bonds. The Labute approximate surface area is 129 Å². The van der Waals surface area contributed by atoms with Crippen LogP contribution < -0.4 is 5.32 Å². The summed E-state index contributed by atoms with van der Waals surface area (Å²) >= 11 is 7.10. The average Bonchev–Trinajstić information content (AvgIpc) is 2.72. The van der Waals surface area contributed by atoms with Crippen molar-refractivity contribution in [2.24, 2.45) is 0 Å². The molecule has 0 saturated carbocycles. The summed E-state index contributed by atoms with van der Waals surface area (Å²) in [5.41, 5.74) is 0.696. The summed E-state index contributed by atoms with van der Waals surface area (Å²) in [5, 5.41) is 14.6. The summed E-state index contributed by atoms with van der Waals surface area (Å²) in [6.07, 6.45) is 0. The Kier molecular flexibility index (Phi) is 4.43. The molecular weight excluding hydrogens is 317 g/mol. The van der Waals surface area contributed by atoms with Gasteiger partial charge in [-0.1, -0.05) is 11.6 Å². The number of benzene rings is 1. The molecule has 0 aliphatic rings. The molecule has 0 radical (unpaired) electrons. The van der Waals surface area contributed by atoms with Gasteiger partial charge in [-0.2, -0.15) is 0 Å². The second kappa shape index (κ2) is 5.95. The van der Waals surface area contributed by atoms with Gasteiger partial charge in [-0.3, -0.25) is 10.1 Å². The van der Waals surface area contributed by atoms with Gasteiger partial charge in [0.1, 0.15) is 11.5 Å². The van der Waals surface area contributed by atoms with Crippen molar-refractivity contribution in [2.75, 3.05) is 5.32 Å². The lowest BCUT2D eigenvalue weighted by Gasteiger charge is -2.14. The number of anilines is 1. The molecule has 1 unspecified atom stereocenters. The van der Waals surface area contributed by atoms with E-state index in [9.17, 15) is 14.5 Å². The highest BCUT2D eigenvalue weighted by Crippen LogP contribution is 2.34. The van der Waals surface area contributed by atoms with Gasteiger partial charge in [-0.15, -0.1) is 11.3 Å². The van der Waals surface area contributed by atoms with Crippen LogP contribution in [0.25, 0.3) is 0 Å². The molecule has 1 N–H and O–H groups in total. The number of hydrogen-bond donors (Lipinski definition) is 1. The van der Waals surface area contributed by atoms with Gasteiger partial charge in [0.05, 0.1) is 26.7 Å². The van der Waals surface area contributed by atoms with Crippen molar-refractivity contribution in [2.45, 2.75) is 26.8 Å². The molecule has 112 valence electrons. The van der Waals surface area contributed by atoms with Crippen molar-refractivity contribution >= 4 is 34.3 Å². The zero-order valence-corrected chi connectivity index (χ0v) is 13.2. The summed E-state index contributed by atoms with van der Waals surface area (Å²) in [4.78, 5) is 15.7. The van der Waals surface area contributed by atoms with Crippen molar-refractivity contribution in [1.29, 1.82) is 0 Å². The molecule has 2 aromatic rings. The molecule has 1 heterocycles. The van der Waals surface area contributed by atoms with Gasteiger partial charge in [0.2, 0.25) is 0 Å². The van der Waals surface area contributed by atoms with E-state index in [-0.39, 0.29) is 22.4 Å². The molecule has 1 aromatic heterocycles. The van der Waals surface area contributed by atoms with Crippen molar-refractivity contribution in [3.8, 4) is 0 Å². The van der Waals surface area contributed by atoms with Crippen LogP contribution in [0.3, 0.4) is 0 Å². The number of halogens is 2. The summed E-state index contributed by atoms with van der Waals surface area (Å²) in [6.45, 7) is 5.60. The minimum Gasteiger partial charge on any atom is -0.372 e. The molecule has 8 heteroatoms. The highest BCUT2D eigenvalue weighted by atomic mass is 35.5. The van der Waals surface area contributed by atoms with Crippen LogP contribution in [0.5, 0.6) is 0 Å². The van der Waals surface area contributed by atoms with Crippen LogP contribution in [-0.4, -0.2) is 9.91 Å². The number of aryl methyl sites for hydroxylation is 2. The Balaban J connectivity index is 2.36. The van der Waals surface area contributed by atoms with Crippen molar-refractivity contribution in [3.63, 3.8) is 0 Å². The van der Waals surface area contributed by atoms with Gasteiger partial charge in [0.15, 0.2) is 0 Å². The maximum absolute atomic E-state index is 13.6. The van der Waals surface area contributed by atoms with Crippen LogP contribution in [0.4, 0.5) is 15.8 Å². The molecule has 0 saturated heterocycles. The standard InChI is InChI=1S/C13H13ClFN3O2S/c1-6-13(21-8(3)16-6)7(2)17-11-5-10(15)9(14)4-12(11)18(19)20/h4-5,7,17H,1-3H3. The van der Waals surface area contributed by atoms with E-state index in [1.54, 1.807) is 0 Å². The summed E-state index contributed by atoms with van der Waals surface area (Å²) < 4.78 is 13.6. The zero-order chi connectivity index (χ0) is 15.7. The van der Waals surface area contributed by atoms with Gasteiger partial charge in [-0.05, 0) is 20.8 Å². The van der Waals surface area contributed by atoms with Crippen LogP contribution in [0.1, 0.15) is 28.5 Å². The third kappa shape index (κ3) is 3.30. The van der Waals surface area contributed by atoms with Crippen LogP contribution in [0.2, 0.25) is 5.02 Å². The lowest BCUT2D eigenvalue weighted by molar-refractivity contribution is -0.384. The monoisotopic (exact) mass is 329 g/mol. The van der Waals surface area contributed by atoms with Crippen LogP contribution in [-0.2, 0) is 0 Å². The fourth-order valence-corrected chi connectivity index (χ4v) is 3.14. The fourth-order valence-electron chi connectivity index (χ4n) is 2.05. The molecule has 1 aromatic carbocycles. The van der Waals surface area contributed by atoms with E-state index < -0.39 is 10.7 Å². The maximum Gasteiger partial charge on any atom is 0.294 e. The van der Waals surface area contributed by atoms with E-state index in [0.29, 0.717) is 0 Å². The topological polar surface area (TPSA) is 68.1 Å². The van der Waals surface area contributed by atoms with E-state index in [1.165, 1.54) is 11.3 Å². The minimum absolute atomic E-state index is 0.0971. The zero-order valence-electron chi connectivity index (χ0n) is 11.6. The molecule has 1 atom stereocenters. The average molecular weight is 330 g/mol. The number of hydrogen-bond acceptors (Lipinski definition) is 5. The Morgan fingerprint density at radius 2 is 2.14 bits per heavy atom. The SMILES string of the molecule is Cc1nc(C)c(C(C)Nc2cc(F)c(Cl)cc2[N+](=O)[O-])s1. The lowest BCUT2D eigenvalue weighted by atomic mass is 10.2. The Hall–Kier alpha value is -1.73. The molecular formula is C13H13ClFN3O2S. The first-order valence-electron chi connectivity index (χ1n) is 6.13. The first-order chi connectivity index (χ1) is 9.79. The second-order valence-electron chi connectivity index (χ2n) is 4.59. The van der Waals surface area contributed by atoms with Gasteiger partial charge in [0, 0.05) is 17.0 Å². The van der Waals surface area contributed by atoms with Crippen LogP contribution >= 0.6 is 22.9 Å². The van der Waals surface area contributed by atoms with Gasteiger partial charge >= 0.3 is 0 Å². The van der Waals surface area contributed by atoms with Crippen molar-refractivity contribution in [1.82, 2.24) is 4.98 Å². The number of aromatic nitrogens is 1. The molecule has 0 aliphatic heterocycles. The number of nitro groups is 1. The van der Waals surface area contributed by atoms with E-state index >= 15 is 0 Å². The Morgan fingerprint density at radius 3 is 2.67 bits per heavy atom. The second-order valence-corrected chi connectivity index (χ2v) is 6.23. The molecule has 0 aliphatic carbocycles. The van der Waals surface area contributed by atoms with Crippen molar-refractivity contribution < 1.29 is 9.31 Å². The smallest absolute Gasteiger partial charge is 0.294 e. The molecule has 21 heavy (non-hydrogen) atoms. The first-order valence-corrected chi connectivity index (χ1v) is 7.33. The highest BCUT2D eigenvalue weighted by molar-refractivity contribution is 7.11. The molecule has 2 rings (SSSR count). The summed E-state index contributed by atoms with van der Waals surface area (Å²) in [5.74, 6) is -0.700. The summed E-state index contributed by atoms with van der Waals surface area (Å²) in [7, 11) is 0. The third-order valence-corrected chi connectivity index (χ3v) is 4.49. The molecule has 0 bridgehead atoms. The van der Waals surface area contributed by atoms with Gasteiger partial charge < -0.3 is 5.32 Å². The normalized spacial score (nSPS) is 12.2. The maximum atomic E-state index is 13.6. The van der Waals surface area contributed by atoms with E-state index in [0.717, 1.165) is 27.7 Å².